The van der Waals surface area contributed by atoms with E-state index < -0.39 is 6.10 Å². The van der Waals surface area contributed by atoms with Gasteiger partial charge in [-0.25, -0.2) is 0 Å². The standard InChI is InChI=1S/C14H22O3/c1-5-17-14(10(2)3)13(15)11-7-6-8-12(9-11)16-4/h6-10,13-15H,5H2,1-4H3. The highest BCUT2D eigenvalue weighted by Crippen LogP contribution is 2.26. The molecule has 0 amide bonds. The molecule has 0 aliphatic carbocycles. The van der Waals surface area contributed by atoms with Crippen LogP contribution in [0.4, 0.5) is 0 Å². The van der Waals surface area contributed by atoms with Crippen molar-refractivity contribution < 1.29 is 14.6 Å². The summed E-state index contributed by atoms with van der Waals surface area (Å²) in [6.07, 6.45) is -0.808. The third kappa shape index (κ3) is 3.72. The first-order chi connectivity index (χ1) is 8.10. The molecule has 0 aromatic heterocycles. The van der Waals surface area contributed by atoms with Crippen LogP contribution in [0.1, 0.15) is 32.4 Å². The van der Waals surface area contributed by atoms with Crippen LogP contribution in [-0.2, 0) is 4.74 Å². The van der Waals surface area contributed by atoms with Crippen molar-refractivity contribution in [3.8, 4) is 5.75 Å². The van der Waals surface area contributed by atoms with E-state index in [1.807, 2.05) is 45.0 Å². The molecule has 1 aromatic carbocycles. The van der Waals surface area contributed by atoms with E-state index in [1.54, 1.807) is 7.11 Å². The van der Waals surface area contributed by atoms with Crippen LogP contribution in [0.2, 0.25) is 0 Å². The molecule has 1 aromatic rings. The molecule has 0 spiro atoms. The van der Waals surface area contributed by atoms with Crippen LogP contribution in [0.3, 0.4) is 0 Å². The highest BCUT2D eigenvalue weighted by Gasteiger charge is 2.24. The molecule has 17 heavy (non-hydrogen) atoms. The van der Waals surface area contributed by atoms with Crippen LogP contribution < -0.4 is 4.74 Å². The normalized spacial score (nSPS) is 14.7. The summed E-state index contributed by atoms with van der Waals surface area (Å²) < 4.78 is 10.8. The fourth-order valence-electron chi connectivity index (χ4n) is 1.86. The van der Waals surface area contributed by atoms with Gasteiger partial charge in [0, 0.05) is 6.61 Å². The Hall–Kier alpha value is -1.06. The van der Waals surface area contributed by atoms with Gasteiger partial charge in [0.05, 0.1) is 13.2 Å². The first-order valence-corrected chi connectivity index (χ1v) is 6.03. The van der Waals surface area contributed by atoms with Crippen LogP contribution in [0.5, 0.6) is 5.75 Å². The van der Waals surface area contributed by atoms with Crippen molar-refractivity contribution in [1.29, 1.82) is 0 Å². The lowest BCUT2D eigenvalue weighted by molar-refractivity contribution is -0.0586. The average Bonchev–Trinajstić information content (AvgIpc) is 2.34. The zero-order valence-corrected chi connectivity index (χ0v) is 11.0. The summed E-state index contributed by atoms with van der Waals surface area (Å²) in [5.74, 6) is 1.01. The molecule has 0 radical (unpaired) electrons. The third-order valence-electron chi connectivity index (χ3n) is 2.76. The van der Waals surface area contributed by atoms with Gasteiger partial charge in [0.2, 0.25) is 0 Å². The van der Waals surface area contributed by atoms with Gasteiger partial charge in [0.15, 0.2) is 0 Å². The maximum Gasteiger partial charge on any atom is 0.119 e. The zero-order chi connectivity index (χ0) is 12.8. The number of aliphatic hydroxyl groups is 1. The third-order valence-corrected chi connectivity index (χ3v) is 2.76. The van der Waals surface area contributed by atoms with E-state index in [0.29, 0.717) is 6.61 Å². The van der Waals surface area contributed by atoms with E-state index in [1.165, 1.54) is 0 Å². The van der Waals surface area contributed by atoms with Gasteiger partial charge in [-0.2, -0.15) is 0 Å². The zero-order valence-electron chi connectivity index (χ0n) is 11.0. The Bertz CT molecular complexity index is 336. The Morgan fingerprint density at radius 2 is 2.00 bits per heavy atom. The highest BCUT2D eigenvalue weighted by atomic mass is 16.5. The van der Waals surface area contributed by atoms with Gasteiger partial charge >= 0.3 is 0 Å². The smallest absolute Gasteiger partial charge is 0.119 e. The van der Waals surface area contributed by atoms with Gasteiger partial charge in [-0.1, -0.05) is 26.0 Å². The minimum atomic E-state index is -0.620. The molecule has 0 aliphatic heterocycles. The van der Waals surface area contributed by atoms with E-state index >= 15 is 0 Å². The Morgan fingerprint density at radius 3 is 2.53 bits per heavy atom. The minimum Gasteiger partial charge on any atom is -0.497 e. The molecule has 0 aliphatic rings. The molecule has 0 heterocycles. The largest absolute Gasteiger partial charge is 0.497 e. The van der Waals surface area contributed by atoms with E-state index in [0.717, 1.165) is 11.3 Å². The van der Waals surface area contributed by atoms with Crippen molar-refractivity contribution in [3.05, 3.63) is 29.8 Å². The number of aliphatic hydroxyl groups excluding tert-OH is 1. The van der Waals surface area contributed by atoms with Crippen molar-refractivity contribution in [2.75, 3.05) is 13.7 Å². The summed E-state index contributed by atoms with van der Waals surface area (Å²) >= 11 is 0. The molecule has 1 rings (SSSR count). The lowest BCUT2D eigenvalue weighted by atomic mass is 9.96. The maximum atomic E-state index is 10.3. The predicted octanol–water partition coefficient (Wildman–Crippen LogP) is 2.79. The highest BCUT2D eigenvalue weighted by molar-refractivity contribution is 5.30. The number of hydrogen-bond donors (Lipinski definition) is 1. The molecule has 96 valence electrons. The van der Waals surface area contributed by atoms with E-state index in [2.05, 4.69) is 0 Å². The van der Waals surface area contributed by atoms with E-state index in [-0.39, 0.29) is 12.0 Å². The topological polar surface area (TPSA) is 38.7 Å². The Kier molecular flexibility index (Phi) is 5.45. The van der Waals surface area contributed by atoms with Gasteiger partial charge in [-0.05, 0) is 30.5 Å². The van der Waals surface area contributed by atoms with Crippen molar-refractivity contribution in [1.82, 2.24) is 0 Å². The number of hydrogen-bond acceptors (Lipinski definition) is 3. The van der Waals surface area contributed by atoms with Crippen molar-refractivity contribution in [2.45, 2.75) is 33.0 Å². The fourth-order valence-corrected chi connectivity index (χ4v) is 1.86. The molecule has 3 nitrogen and oxygen atoms in total. The van der Waals surface area contributed by atoms with Crippen LogP contribution in [-0.4, -0.2) is 24.9 Å². The van der Waals surface area contributed by atoms with Crippen molar-refractivity contribution >= 4 is 0 Å². The van der Waals surface area contributed by atoms with E-state index in [9.17, 15) is 5.11 Å². The second-order valence-electron chi connectivity index (χ2n) is 4.39. The summed E-state index contributed by atoms with van der Waals surface area (Å²) in [4.78, 5) is 0. The van der Waals surface area contributed by atoms with Gasteiger partial charge in [0.25, 0.3) is 0 Å². The first kappa shape index (κ1) is 14.0. The van der Waals surface area contributed by atoms with Crippen LogP contribution >= 0.6 is 0 Å². The number of rotatable bonds is 6. The second kappa shape index (κ2) is 6.62. The maximum absolute atomic E-state index is 10.3. The molecule has 3 heteroatoms. The Labute approximate surface area is 103 Å². The lowest BCUT2D eigenvalue weighted by Crippen LogP contribution is -2.27. The Balaban J connectivity index is 2.88. The number of methoxy groups -OCH3 is 1. The van der Waals surface area contributed by atoms with Gasteiger partial charge in [-0.15, -0.1) is 0 Å². The van der Waals surface area contributed by atoms with Crippen LogP contribution in [0.15, 0.2) is 24.3 Å². The molecule has 2 atom stereocenters. The molecule has 0 saturated carbocycles. The summed E-state index contributed by atoms with van der Waals surface area (Å²) in [5, 5.41) is 10.3. The number of ether oxygens (including phenoxy) is 2. The summed E-state index contributed by atoms with van der Waals surface area (Å²) in [6.45, 7) is 6.63. The predicted molar refractivity (Wildman–Crippen MR) is 68.2 cm³/mol. The molecule has 0 bridgehead atoms. The molecular formula is C14H22O3. The molecule has 2 unspecified atom stereocenters. The van der Waals surface area contributed by atoms with Gasteiger partial charge in [-0.3, -0.25) is 0 Å². The lowest BCUT2D eigenvalue weighted by Gasteiger charge is -2.26. The number of benzene rings is 1. The molecule has 0 saturated heterocycles. The van der Waals surface area contributed by atoms with Crippen molar-refractivity contribution in [3.63, 3.8) is 0 Å². The van der Waals surface area contributed by atoms with Crippen LogP contribution in [0, 0.1) is 5.92 Å². The molecule has 1 N–H and O–H groups in total. The Morgan fingerprint density at radius 1 is 1.29 bits per heavy atom. The van der Waals surface area contributed by atoms with Gasteiger partial charge < -0.3 is 14.6 Å². The first-order valence-electron chi connectivity index (χ1n) is 6.03. The van der Waals surface area contributed by atoms with Gasteiger partial charge in [0.1, 0.15) is 11.9 Å². The average molecular weight is 238 g/mol. The molecule has 0 fully saturated rings. The quantitative estimate of drug-likeness (QED) is 0.828. The summed E-state index contributed by atoms with van der Waals surface area (Å²) in [5.41, 5.74) is 0.830. The fraction of sp³-hybridized carbons (Fsp3) is 0.571. The van der Waals surface area contributed by atoms with E-state index in [4.69, 9.17) is 9.47 Å². The molecular weight excluding hydrogens is 216 g/mol. The van der Waals surface area contributed by atoms with Crippen LogP contribution in [0.25, 0.3) is 0 Å². The minimum absolute atomic E-state index is 0.188. The SMILES string of the molecule is CCOC(C(C)C)C(O)c1cccc(OC)c1. The summed E-state index contributed by atoms with van der Waals surface area (Å²) in [7, 11) is 1.62. The summed E-state index contributed by atoms with van der Waals surface area (Å²) in [6, 6.07) is 7.47. The second-order valence-corrected chi connectivity index (χ2v) is 4.39. The van der Waals surface area contributed by atoms with Crippen molar-refractivity contribution in [2.24, 2.45) is 5.92 Å². The monoisotopic (exact) mass is 238 g/mol.